The van der Waals surface area contributed by atoms with Gasteiger partial charge in [-0.15, -0.1) is 0 Å². The molecule has 0 unspecified atom stereocenters. The third kappa shape index (κ3) is 3.71. The molecular formula is C12H16N4O2. The van der Waals surface area contributed by atoms with Crippen LogP contribution in [-0.4, -0.2) is 37.0 Å². The van der Waals surface area contributed by atoms with Crippen molar-refractivity contribution in [3.8, 4) is 6.07 Å². The second kappa shape index (κ2) is 6.57. The van der Waals surface area contributed by atoms with E-state index in [0.29, 0.717) is 12.2 Å². The molecule has 0 spiro atoms. The van der Waals surface area contributed by atoms with Crippen LogP contribution in [0.3, 0.4) is 0 Å². The van der Waals surface area contributed by atoms with Gasteiger partial charge in [0.1, 0.15) is 17.3 Å². The van der Waals surface area contributed by atoms with Crippen LogP contribution >= 0.6 is 0 Å². The van der Waals surface area contributed by atoms with Crippen molar-refractivity contribution in [3.05, 3.63) is 33.9 Å². The van der Waals surface area contributed by atoms with Crippen LogP contribution in [0.2, 0.25) is 0 Å². The van der Waals surface area contributed by atoms with Crippen LogP contribution < -0.4 is 5.32 Å². The molecule has 6 nitrogen and oxygen atoms in total. The quantitative estimate of drug-likeness (QED) is 0.472. The summed E-state index contributed by atoms with van der Waals surface area (Å²) in [7, 11) is 3.94. The Labute approximate surface area is 106 Å². The topological polar surface area (TPSA) is 82.2 Å². The predicted molar refractivity (Wildman–Crippen MR) is 69.5 cm³/mol. The summed E-state index contributed by atoms with van der Waals surface area (Å²) >= 11 is 0. The van der Waals surface area contributed by atoms with E-state index < -0.39 is 4.92 Å². The minimum absolute atomic E-state index is 0.0811. The molecule has 0 saturated heterocycles. The highest BCUT2D eigenvalue weighted by Crippen LogP contribution is 2.27. The lowest BCUT2D eigenvalue weighted by atomic mass is 10.1. The Hall–Kier alpha value is -2.13. The number of para-hydroxylation sites is 1. The van der Waals surface area contributed by atoms with E-state index in [4.69, 9.17) is 5.26 Å². The summed E-state index contributed by atoms with van der Waals surface area (Å²) in [4.78, 5) is 12.5. The SMILES string of the molecule is CN(C)CCCNc1cccc(C#N)c1[N+](=O)[O-]. The van der Waals surface area contributed by atoms with Gasteiger partial charge in [0.25, 0.3) is 0 Å². The number of benzene rings is 1. The van der Waals surface area contributed by atoms with Crippen LogP contribution in [-0.2, 0) is 0 Å². The maximum atomic E-state index is 10.9. The highest BCUT2D eigenvalue weighted by molar-refractivity contribution is 5.68. The van der Waals surface area contributed by atoms with Crippen LogP contribution in [0.15, 0.2) is 18.2 Å². The lowest BCUT2D eigenvalue weighted by Gasteiger charge is -2.11. The van der Waals surface area contributed by atoms with Gasteiger partial charge in [-0.3, -0.25) is 10.1 Å². The van der Waals surface area contributed by atoms with E-state index in [1.54, 1.807) is 12.1 Å². The van der Waals surface area contributed by atoms with Crippen LogP contribution in [0.1, 0.15) is 12.0 Å². The maximum Gasteiger partial charge on any atom is 0.309 e. The normalized spacial score (nSPS) is 10.1. The summed E-state index contributed by atoms with van der Waals surface area (Å²) < 4.78 is 0. The molecule has 1 rings (SSSR count). The molecule has 18 heavy (non-hydrogen) atoms. The molecule has 1 aromatic carbocycles. The lowest BCUT2D eigenvalue weighted by molar-refractivity contribution is -0.384. The second-order valence-electron chi connectivity index (χ2n) is 4.15. The summed E-state index contributed by atoms with van der Waals surface area (Å²) in [5.41, 5.74) is 0.334. The number of hydrogen-bond donors (Lipinski definition) is 1. The number of nitriles is 1. The molecule has 0 atom stereocenters. The van der Waals surface area contributed by atoms with Gasteiger partial charge in [0.2, 0.25) is 0 Å². The number of nitro benzene ring substituents is 1. The van der Waals surface area contributed by atoms with Crippen molar-refractivity contribution in [1.29, 1.82) is 5.26 Å². The van der Waals surface area contributed by atoms with Crippen molar-refractivity contribution in [2.75, 3.05) is 32.5 Å². The first-order valence-electron chi connectivity index (χ1n) is 5.62. The average molecular weight is 248 g/mol. The molecule has 0 aliphatic carbocycles. The van der Waals surface area contributed by atoms with Crippen molar-refractivity contribution >= 4 is 11.4 Å². The fourth-order valence-electron chi connectivity index (χ4n) is 1.59. The molecule has 96 valence electrons. The zero-order chi connectivity index (χ0) is 13.5. The molecular weight excluding hydrogens is 232 g/mol. The number of nitrogens with zero attached hydrogens (tertiary/aromatic N) is 3. The predicted octanol–water partition coefficient (Wildman–Crippen LogP) is 1.83. The van der Waals surface area contributed by atoms with Crippen LogP contribution in [0.4, 0.5) is 11.4 Å². The molecule has 0 aliphatic heterocycles. The van der Waals surface area contributed by atoms with Gasteiger partial charge in [0.05, 0.1) is 4.92 Å². The van der Waals surface area contributed by atoms with Crippen molar-refractivity contribution in [3.63, 3.8) is 0 Å². The molecule has 0 aliphatic rings. The largest absolute Gasteiger partial charge is 0.379 e. The fraction of sp³-hybridized carbons (Fsp3) is 0.417. The smallest absolute Gasteiger partial charge is 0.309 e. The third-order valence-electron chi connectivity index (χ3n) is 2.44. The first-order valence-corrected chi connectivity index (χ1v) is 5.62. The number of hydrogen-bond acceptors (Lipinski definition) is 5. The molecule has 1 N–H and O–H groups in total. The molecule has 0 heterocycles. The van der Waals surface area contributed by atoms with Crippen molar-refractivity contribution in [1.82, 2.24) is 4.90 Å². The van der Waals surface area contributed by atoms with E-state index in [1.807, 2.05) is 25.1 Å². The summed E-state index contributed by atoms with van der Waals surface area (Å²) in [6.45, 7) is 1.53. The average Bonchev–Trinajstić information content (AvgIpc) is 2.33. The van der Waals surface area contributed by atoms with Crippen LogP contribution in [0.5, 0.6) is 0 Å². The molecule has 0 aromatic heterocycles. The zero-order valence-corrected chi connectivity index (χ0v) is 10.5. The first kappa shape index (κ1) is 13.9. The Morgan fingerprint density at radius 1 is 1.50 bits per heavy atom. The number of nitrogens with one attached hydrogen (secondary N) is 1. The highest BCUT2D eigenvalue weighted by atomic mass is 16.6. The monoisotopic (exact) mass is 248 g/mol. The minimum atomic E-state index is -0.521. The van der Waals surface area contributed by atoms with Gasteiger partial charge in [-0.2, -0.15) is 5.26 Å². The van der Waals surface area contributed by atoms with E-state index in [-0.39, 0.29) is 11.3 Å². The summed E-state index contributed by atoms with van der Waals surface area (Å²) in [6.07, 6.45) is 0.876. The maximum absolute atomic E-state index is 10.9. The summed E-state index contributed by atoms with van der Waals surface area (Å²) in [6, 6.07) is 6.54. The summed E-state index contributed by atoms with van der Waals surface area (Å²) in [5.74, 6) is 0. The first-order chi connectivity index (χ1) is 8.56. The molecule has 0 radical (unpaired) electrons. The van der Waals surface area contributed by atoms with Gasteiger partial charge in [-0.25, -0.2) is 0 Å². The second-order valence-corrected chi connectivity index (χ2v) is 4.15. The van der Waals surface area contributed by atoms with Crippen molar-refractivity contribution in [2.45, 2.75) is 6.42 Å². The molecule has 6 heteroatoms. The zero-order valence-electron chi connectivity index (χ0n) is 10.5. The van der Waals surface area contributed by atoms with E-state index in [0.717, 1.165) is 13.0 Å². The summed E-state index contributed by atoms with van der Waals surface area (Å²) in [5, 5.41) is 22.8. The molecule has 0 bridgehead atoms. The Morgan fingerprint density at radius 2 is 2.22 bits per heavy atom. The Balaban J connectivity index is 2.77. The van der Waals surface area contributed by atoms with Gasteiger partial charge in [-0.1, -0.05) is 6.07 Å². The van der Waals surface area contributed by atoms with Gasteiger partial charge in [0.15, 0.2) is 0 Å². The van der Waals surface area contributed by atoms with E-state index >= 15 is 0 Å². The van der Waals surface area contributed by atoms with Crippen LogP contribution in [0, 0.1) is 21.4 Å². The standard InChI is InChI=1S/C12H16N4O2/c1-15(2)8-4-7-14-11-6-3-5-10(9-13)12(11)16(17)18/h3,5-6,14H,4,7-8H2,1-2H3. The molecule has 0 fully saturated rings. The van der Waals surface area contributed by atoms with Gasteiger partial charge in [-0.05, 0) is 39.2 Å². The molecule has 0 amide bonds. The number of nitro groups is 1. The van der Waals surface area contributed by atoms with E-state index in [2.05, 4.69) is 5.32 Å². The Kier molecular flexibility index (Phi) is 5.08. The highest BCUT2D eigenvalue weighted by Gasteiger charge is 2.18. The fourth-order valence-corrected chi connectivity index (χ4v) is 1.59. The van der Waals surface area contributed by atoms with Crippen molar-refractivity contribution < 1.29 is 4.92 Å². The van der Waals surface area contributed by atoms with Gasteiger partial charge < -0.3 is 10.2 Å². The van der Waals surface area contributed by atoms with Crippen molar-refractivity contribution in [2.24, 2.45) is 0 Å². The number of rotatable bonds is 6. The molecule has 0 saturated carbocycles. The minimum Gasteiger partial charge on any atom is -0.379 e. The van der Waals surface area contributed by atoms with E-state index in [9.17, 15) is 10.1 Å². The molecule has 1 aromatic rings. The van der Waals surface area contributed by atoms with Gasteiger partial charge >= 0.3 is 5.69 Å². The van der Waals surface area contributed by atoms with Gasteiger partial charge in [0, 0.05) is 6.54 Å². The van der Waals surface area contributed by atoms with Crippen LogP contribution in [0.25, 0.3) is 0 Å². The number of anilines is 1. The Bertz CT molecular complexity index is 466. The third-order valence-corrected chi connectivity index (χ3v) is 2.44. The van der Waals surface area contributed by atoms with E-state index in [1.165, 1.54) is 6.07 Å². The lowest BCUT2D eigenvalue weighted by Crippen LogP contribution is -2.16. The Morgan fingerprint density at radius 3 is 2.78 bits per heavy atom.